The van der Waals surface area contributed by atoms with Crippen LogP contribution in [-0.4, -0.2) is 40.6 Å². The summed E-state index contributed by atoms with van der Waals surface area (Å²) < 4.78 is 37.3. The first-order valence-electron chi connectivity index (χ1n) is 6.33. The number of hydrogen-bond donors (Lipinski definition) is 2. The lowest BCUT2D eigenvalue weighted by Crippen LogP contribution is -2.38. The Kier molecular flexibility index (Phi) is 5.08. The molecule has 1 aromatic heterocycles. The molecule has 0 saturated heterocycles. The maximum atomic E-state index is 12.4. The van der Waals surface area contributed by atoms with Gasteiger partial charge in [0.05, 0.1) is 0 Å². The summed E-state index contributed by atoms with van der Waals surface area (Å²) in [6.07, 6.45) is -4.45. The van der Waals surface area contributed by atoms with Crippen molar-refractivity contribution in [3.63, 3.8) is 0 Å². The summed E-state index contributed by atoms with van der Waals surface area (Å²) in [5.74, 6) is -0.816. The number of nitrogens with zero attached hydrogens (tertiary/aromatic N) is 2. The Morgan fingerprint density at radius 1 is 1.38 bits per heavy atom. The third kappa shape index (κ3) is 5.41. The van der Waals surface area contributed by atoms with Crippen molar-refractivity contribution >= 4 is 28.2 Å². The Morgan fingerprint density at radius 3 is 2.38 bits per heavy atom. The molecule has 1 aromatic rings. The number of amides is 1. The average molecular weight is 324 g/mol. The molecular formula is C12H19F3N4OS. The fraction of sp³-hybridized carbons (Fsp3) is 0.667. The molecule has 1 heterocycles. The number of carbonyl (C=O) groups excluding carboxylic acids is 1. The van der Waals surface area contributed by atoms with Gasteiger partial charge in [0.2, 0.25) is 0 Å². The zero-order valence-corrected chi connectivity index (χ0v) is 13.2. The van der Waals surface area contributed by atoms with Crippen LogP contribution in [-0.2, 0) is 0 Å². The van der Waals surface area contributed by atoms with Gasteiger partial charge in [-0.1, -0.05) is 11.3 Å². The number of rotatable bonds is 4. The van der Waals surface area contributed by atoms with Crippen LogP contribution in [0.15, 0.2) is 0 Å². The van der Waals surface area contributed by atoms with E-state index in [0.29, 0.717) is 10.0 Å². The Hall–Kier alpha value is -1.51. The standard InChI is InChI=1S/C12H19F3N4OS/c1-5-19(6-12(13,14)15)9(20)7-8(16)17-10(21-7)18-11(2,3)4/h5-6,16H2,1-4H3,(H,17,18). The largest absolute Gasteiger partial charge is 0.406 e. The topological polar surface area (TPSA) is 71.2 Å². The Labute approximate surface area is 125 Å². The monoisotopic (exact) mass is 324 g/mol. The van der Waals surface area contributed by atoms with E-state index < -0.39 is 18.6 Å². The van der Waals surface area contributed by atoms with Crippen LogP contribution in [0.4, 0.5) is 24.1 Å². The smallest absolute Gasteiger partial charge is 0.382 e. The number of halogens is 3. The lowest BCUT2D eigenvalue weighted by Gasteiger charge is -2.21. The molecule has 0 atom stereocenters. The van der Waals surface area contributed by atoms with Gasteiger partial charge in [0.15, 0.2) is 5.13 Å². The molecule has 1 amide bonds. The molecule has 120 valence electrons. The number of carbonyl (C=O) groups is 1. The highest BCUT2D eigenvalue weighted by molar-refractivity contribution is 7.18. The molecule has 5 nitrogen and oxygen atoms in total. The second-order valence-electron chi connectivity index (χ2n) is 5.54. The number of alkyl halides is 3. The Morgan fingerprint density at radius 2 is 1.95 bits per heavy atom. The van der Waals surface area contributed by atoms with Crippen LogP contribution in [0.2, 0.25) is 0 Å². The Balaban J connectivity index is 2.96. The first-order valence-corrected chi connectivity index (χ1v) is 7.15. The van der Waals surface area contributed by atoms with E-state index in [-0.39, 0.29) is 22.8 Å². The van der Waals surface area contributed by atoms with Crippen LogP contribution in [0.5, 0.6) is 0 Å². The van der Waals surface area contributed by atoms with E-state index in [0.717, 1.165) is 11.3 Å². The molecule has 0 radical (unpaired) electrons. The van der Waals surface area contributed by atoms with Gasteiger partial charge < -0.3 is 16.0 Å². The molecule has 0 aliphatic heterocycles. The normalized spacial score (nSPS) is 12.3. The minimum absolute atomic E-state index is 0.0212. The van der Waals surface area contributed by atoms with Crippen LogP contribution in [0.25, 0.3) is 0 Å². The van der Waals surface area contributed by atoms with Crippen molar-refractivity contribution in [1.29, 1.82) is 0 Å². The lowest BCUT2D eigenvalue weighted by molar-refractivity contribution is -0.140. The van der Waals surface area contributed by atoms with Crippen LogP contribution in [0, 0.1) is 0 Å². The average Bonchev–Trinajstić information content (AvgIpc) is 2.62. The highest BCUT2D eigenvalue weighted by Crippen LogP contribution is 2.29. The second-order valence-corrected chi connectivity index (χ2v) is 6.54. The number of thiazole rings is 1. The summed E-state index contributed by atoms with van der Waals surface area (Å²) in [5, 5.41) is 3.45. The van der Waals surface area contributed by atoms with E-state index in [2.05, 4.69) is 10.3 Å². The summed E-state index contributed by atoms with van der Waals surface area (Å²) in [7, 11) is 0. The van der Waals surface area contributed by atoms with Gasteiger partial charge in [-0.2, -0.15) is 13.2 Å². The molecule has 0 fully saturated rings. The molecule has 0 aliphatic rings. The number of hydrogen-bond acceptors (Lipinski definition) is 5. The predicted molar refractivity (Wildman–Crippen MR) is 77.5 cm³/mol. The van der Waals surface area contributed by atoms with E-state index in [1.54, 1.807) is 0 Å². The fourth-order valence-corrected chi connectivity index (χ4v) is 2.61. The van der Waals surface area contributed by atoms with Gasteiger partial charge in [0.25, 0.3) is 5.91 Å². The number of nitrogens with two attached hydrogens (primary N) is 1. The van der Waals surface area contributed by atoms with E-state index in [4.69, 9.17) is 5.73 Å². The molecule has 9 heteroatoms. The third-order valence-electron chi connectivity index (χ3n) is 2.37. The second kappa shape index (κ2) is 6.08. The number of anilines is 2. The van der Waals surface area contributed by atoms with Gasteiger partial charge in [0, 0.05) is 12.1 Å². The van der Waals surface area contributed by atoms with Crippen molar-refractivity contribution in [1.82, 2.24) is 9.88 Å². The maximum Gasteiger partial charge on any atom is 0.406 e. The lowest BCUT2D eigenvalue weighted by atomic mass is 10.1. The van der Waals surface area contributed by atoms with Crippen molar-refractivity contribution in [2.24, 2.45) is 0 Å². The molecule has 21 heavy (non-hydrogen) atoms. The van der Waals surface area contributed by atoms with E-state index in [1.807, 2.05) is 20.8 Å². The molecule has 0 aliphatic carbocycles. The van der Waals surface area contributed by atoms with Crippen LogP contribution in [0.1, 0.15) is 37.4 Å². The highest BCUT2D eigenvalue weighted by Gasteiger charge is 2.34. The quantitative estimate of drug-likeness (QED) is 0.893. The first-order chi connectivity index (χ1) is 9.43. The van der Waals surface area contributed by atoms with Crippen molar-refractivity contribution in [2.45, 2.75) is 39.4 Å². The van der Waals surface area contributed by atoms with E-state index >= 15 is 0 Å². The fourth-order valence-electron chi connectivity index (χ4n) is 1.55. The molecule has 0 spiro atoms. The zero-order chi connectivity index (χ0) is 16.4. The number of nitrogen functional groups attached to an aromatic ring is 1. The number of nitrogens with one attached hydrogen (secondary N) is 1. The Bertz CT molecular complexity index is 508. The summed E-state index contributed by atoms with van der Waals surface area (Å²) in [6.45, 7) is 5.81. The predicted octanol–water partition coefficient (Wildman–Crippen LogP) is 2.96. The highest BCUT2D eigenvalue weighted by atomic mass is 32.1. The van der Waals surface area contributed by atoms with Crippen molar-refractivity contribution in [2.75, 3.05) is 24.1 Å². The summed E-state index contributed by atoms with van der Waals surface area (Å²) in [6, 6.07) is 0. The molecule has 0 bridgehead atoms. The SMILES string of the molecule is CCN(CC(F)(F)F)C(=O)c1sc(NC(C)(C)C)nc1N. The molecule has 0 aromatic carbocycles. The molecule has 0 saturated carbocycles. The van der Waals surface area contributed by atoms with Crippen molar-refractivity contribution in [3.05, 3.63) is 4.88 Å². The van der Waals surface area contributed by atoms with Gasteiger partial charge in [-0.05, 0) is 27.7 Å². The third-order valence-corrected chi connectivity index (χ3v) is 3.34. The van der Waals surface area contributed by atoms with Crippen molar-refractivity contribution < 1.29 is 18.0 Å². The zero-order valence-electron chi connectivity index (χ0n) is 12.3. The summed E-state index contributed by atoms with van der Waals surface area (Å²) in [5.41, 5.74) is 5.36. The van der Waals surface area contributed by atoms with Crippen LogP contribution >= 0.6 is 11.3 Å². The summed E-state index contributed by atoms with van der Waals surface area (Å²) in [4.78, 5) is 16.8. The maximum absolute atomic E-state index is 12.4. The number of aromatic nitrogens is 1. The van der Waals surface area contributed by atoms with Gasteiger partial charge in [-0.15, -0.1) is 0 Å². The molecule has 0 unspecified atom stereocenters. The molecule has 3 N–H and O–H groups in total. The molecule has 1 rings (SSSR count). The first kappa shape index (κ1) is 17.5. The van der Waals surface area contributed by atoms with Gasteiger partial charge in [0.1, 0.15) is 17.2 Å². The summed E-state index contributed by atoms with van der Waals surface area (Å²) >= 11 is 0.958. The van der Waals surface area contributed by atoms with E-state index in [1.165, 1.54) is 6.92 Å². The van der Waals surface area contributed by atoms with Gasteiger partial charge in [-0.25, -0.2) is 4.98 Å². The van der Waals surface area contributed by atoms with Crippen LogP contribution < -0.4 is 11.1 Å². The minimum atomic E-state index is -4.45. The molecular weight excluding hydrogens is 305 g/mol. The van der Waals surface area contributed by atoms with Gasteiger partial charge in [-0.3, -0.25) is 4.79 Å². The minimum Gasteiger partial charge on any atom is -0.382 e. The van der Waals surface area contributed by atoms with Gasteiger partial charge >= 0.3 is 6.18 Å². The van der Waals surface area contributed by atoms with Crippen molar-refractivity contribution in [3.8, 4) is 0 Å². The van der Waals surface area contributed by atoms with Crippen LogP contribution in [0.3, 0.4) is 0 Å². The van der Waals surface area contributed by atoms with E-state index in [9.17, 15) is 18.0 Å².